The third-order valence-corrected chi connectivity index (χ3v) is 3.54. The number of hydrogen-bond acceptors (Lipinski definition) is 1. The van der Waals surface area contributed by atoms with Gasteiger partial charge in [-0.05, 0) is 50.1 Å². The summed E-state index contributed by atoms with van der Waals surface area (Å²) < 4.78 is 0. The maximum absolute atomic E-state index is 4.75. The van der Waals surface area contributed by atoms with E-state index in [0.29, 0.717) is 0 Å². The van der Waals surface area contributed by atoms with Crippen LogP contribution in [0.4, 0.5) is 0 Å². The largest absolute Gasteiger partial charge is 0.359 e. The number of nitrogens with one attached hydrogen (secondary N) is 1. The Kier molecular flexibility index (Phi) is 3.15. The molecule has 2 heterocycles. The van der Waals surface area contributed by atoms with Crippen molar-refractivity contribution in [1.82, 2.24) is 4.98 Å². The van der Waals surface area contributed by atoms with Gasteiger partial charge < -0.3 is 4.98 Å². The zero-order valence-electron chi connectivity index (χ0n) is 12.1. The van der Waals surface area contributed by atoms with E-state index in [9.17, 15) is 0 Å². The first-order valence-corrected chi connectivity index (χ1v) is 6.84. The summed E-state index contributed by atoms with van der Waals surface area (Å²) >= 11 is 0. The Morgan fingerprint density at radius 3 is 2.45 bits per heavy atom. The normalized spacial score (nSPS) is 16.4. The standard InChI is InChI=1S/C18H18N2/c1-12-9-14(3)19-16(12)11-17-13(2)10-18(20-17)15-7-5-4-6-8-15/h4-11,19H,1-3H3. The number of aromatic amines is 1. The van der Waals surface area contributed by atoms with Crippen molar-refractivity contribution in [2.75, 3.05) is 0 Å². The van der Waals surface area contributed by atoms with Gasteiger partial charge in [0.2, 0.25) is 0 Å². The van der Waals surface area contributed by atoms with Crippen LogP contribution in [0, 0.1) is 13.8 Å². The van der Waals surface area contributed by atoms with Crippen LogP contribution in [0.3, 0.4) is 0 Å². The molecule has 0 radical (unpaired) electrons. The number of allylic oxidation sites excluding steroid dienone is 2. The smallest absolute Gasteiger partial charge is 0.0712 e. The number of hydrogen-bond donors (Lipinski definition) is 1. The van der Waals surface area contributed by atoms with E-state index in [1.165, 1.54) is 16.8 Å². The van der Waals surface area contributed by atoms with Crippen LogP contribution in [0.1, 0.15) is 29.4 Å². The van der Waals surface area contributed by atoms with Gasteiger partial charge in [0.25, 0.3) is 0 Å². The number of rotatable bonds is 2. The van der Waals surface area contributed by atoms with Crippen molar-refractivity contribution in [3.63, 3.8) is 0 Å². The SMILES string of the molecule is CC1=CC(c2ccccc2)=NC1=Cc1[nH]c(C)cc1C. The maximum Gasteiger partial charge on any atom is 0.0712 e. The summed E-state index contributed by atoms with van der Waals surface area (Å²) in [5.41, 5.74) is 8.02. The lowest BCUT2D eigenvalue weighted by molar-refractivity contribution is 1.23. The van der Waals surface area contributed by atoms with Gasteiger partial charge >= 0.3 is 0 Å². The van der Waals surface area contributed by atoms with Gasteiger partial charge in [-0.25, -0.2) is 4.99 Å². The Hall–Kier alpha value is -2.35. The topological polar surface area (TPSA) is 28.1 Å². The minimum absolute atomic E-state index is 1.04. The maximum atomic E-state index is 4.75. The predicted octanol–water partition coefficient (Wildman–Crippen LogP) is 4.42. The van der Waals surface area contributed by atoms with E-state index < -0.39 is 0 Å². The molecule has 0 spiro atoms. The Bertz CT molecular complexity index is 728. The highest BCUT2D eigenvalue weighted by Crippen LogP contribution is 2.25. The zero-order valence-corrected chi connectivity index (χ0v) is 12.1. The number of aliphatic imine (C=N–C) groups is 1. The first-order chi connectivity index (χ1) is 9.63. The van der Waals surface area contributed by atoms with Gasteiger partial charge in [-0.2, -0.15) is 0 Å². The lowest BCUT2D eigenvalue weighted by Crippen LogP contribution is -1.92. The molecule has 100 valence electrons. The van der Waals surface area contributed by atoms with Gasteiger partial charge in [0.05, 0.1) is 11.4 Å². The van der Waals surface area contributed by atoms with Gasteiger partial charge in [0.15, 0.2) is 0 Å². The quantitative estimate of drug-likeness (QED) is 0.829. The van der Waals surface area contributed by atoms with Crippen LogP contribution in [0.5, 0.6) is 0 Å². The van der Waals surface area contributed by atoms with Crippen LogP contribution < -0.4 is 0 Å². The Labute approximate surface area is 119 Å². The molecule has 1 aliphatic heterocycles. The van der Waals surface area contributed by atoms with Crippen LogP contribution in [0.15, 0.2) is 58.7 Å². The lowest BCUT2D eigenvalue weighted by Gasteiger charge is -1.97. The monoisotopic (exact) mass is 262 g/mol. The van der Waals surface area contributed by atoms with Crippen molar-refractivity contribution in [3.05, 3.63) is 76.3 Å². The molecular formula is C18H18N2. The molecule has 2 aromatic rings. The highest BCUT2D eigenvalue weighted by Gasteiger charge is 2.12. The van der Waals surface area contributed by atoms with Crippen molar-refractivity contribution in [2.45, 2.75) is 20.8 Å². The van der Waals surface area contributed by atoms with E-state index in [1.54, 1.807) is 0 Å². The molecule has 0 amide bonds. The Morgan fingerprint density at radius 2 is 1.80 bits per heavy atom. The van der Waals surface area contributed by atoms with Crippen molar-refractivity contribution < 1.29 is 0 Å². The predicted molar refractivity (Wildman–Crippen MR) is 85.0 cm³/mol. The average Bonchev–Trinajstić information content (AvgIpc) is 2.95. The van der Waals surface area contributed by atoms with E-state index in [2.05, 4.69) is 56.1 Å². The van der Waals surface area contributed by atoms with Gasteiger partial charge in [0, 0.05) is 17.0 Å². The first kappa shape index (κ1) is 12.7. The van der Waals surface area contributed by atoms with E-state index in [-0.39, 0.29) is 0 Å². The fraction of sp³-hybridized carbons (Fsp3) is 0.167. The highest BCUT2D eigenvalue weighted by molar-refractivity contribution is 6.12. The molecule has 1 aliphatic rings. The van der Waals surface area contributed by atoms with Crippen LogP contribution in [0.25, 0.3) is 6.08 Å². The van der Waals surface area contributed by atoms with Crippen LogP contribution >= 0.6 is 0 Å². The third-order valence-electron chi connectivity index (χ3n) is 3.54. The average molecular weight is 262 g/mol. The second kappa shape index (κ2) is 4.97. The minimum atomic E-state index is 1.04. The summed E-state index contributed by atoms with van der Waals surface area (Å²) in [6.07, 6.45) is 4.27. The molecule has 0 saturated carbocycles. The molecule has 0 atom stereocenters. The number of aryl methyl sites for hydroxylation is 2. The van der Waals surface area contributed by atoms with Gasteiger partial charge in [-0.1, -0.05) is 30.3 Å². The second-order valence-electron chi connectivity index (χ2n) is 5.27. The summed E-state index contributed by atoms with van der Waals surface area (Å²) in [5, 5.41) is 0. The van der Waals surface area contributed by atoms with Crippen molar-refractivity contribution in [2.24, 2.45) is 4.99 Å². The molecule has 1 aromatic heterocycles. The highest BCUT2D eigenvalue weighted by atomic mass is 14.8. The van der Waals surface area contributed by atoms with Gasteiger partial charge in [-0.15, -0.1) is 0 Å². The lowest BCUT2D eigenvalue weighted by atomic mass is 10.1. The molecule has 0 fully saturated rings. The molecular weight excluding hydrogens is 244 g/mol. The summed E-state index contributed by atoms with van der Waals surface area (Å²) in [4.78, 5) is 8.12. The summed E-state index contributed by atoms with van der Waals surface area (Å²) in [7, 11) is 0. The summed E-state index contributed by atoms with van der Waals surface area (Å²) in [6, 6.07) is 12.5. The number of benzene rings is 1. The third kappa shape index (κ3) is 2.37. The Balaban J connectivity index is 1.99. The summed E-state index contributed by atoms with van der Waals surface area (Å²) in [6.45, 7) is 6.30. The minimum Gasteiger partial charge on any atom is -0.359 e. The Morgan fingerprint density at radius 1 is 1.05 bits per heavy atom. The van der Waals surface area contributed by atoms with E-state index in [0.717, 1.165) is 22.7 Å². The van der Waals surface area contributed by atoms with Gasteiger partial charge in [-0.3, -0.25) is 0 Å². The number of nitrogens with zero attached hydrogens (tertiary/aromatic N) is 1. The number of H-pyrrole nitrogens is 1. The molecule has 1 aromatic carbocycles. The molecule has 1 N–H and O–H groups in total. The summed E-state index contributed by atoms with van der Waals surface area (Å²) in [5.74, 6) is 0. The number of aromatic nitrogens is 1. The van der Waals surface area contributed by atoms with E-state index in [1.807, 2.05) is 18.2 Å². The van der Waals surface area contributed by atoms with Crippen LogP contribution in [-0.2, 0) is 0 Å². The fourth-order valence-electron chi connectivity index (χ4n) is 2.47. The molecule has 3 rings (SSSR count). The molecule has 2 nitrogen and oxygen atoms in total. The molecule has 0 aliphatic carbocycles. The first-order valence-electron chi connectivity index (χ1n) is 6.84. The zero-order chi connectivity index (χ0) is 14.1. The van der Waals surface area contributed by atoms with Gasteiger partial charge in [0.1, 0.15) is 0 Å². The molecule has 20 heavy (non-hydrogen) atoms. The molecule has 2 heteroatoms. The van der Waals surface area contributed by atoms with Crippen LogP contribution in [0.2, 0.25) is 0 Å². The van der Waals surface area contributed by atoms with Crippen LogP contribution in [-0.4, -0.2) is 10.7 Å². The van der Waals surface area contributed by atoms with Crippen molar-refractivity contribution >= 4 is 11.8 Å². The van der Waals surface area contributed by atoms with Crippen molar-refractivity contribution in [1.29, 1.82) is 0 Å². The fourth-order valence-corrected chi connectivity index (χ4v) is 2.47. The van der Waals surface area contributed by atoms with E-state index in [4.69, 9.17) is 4.99 Å². The molecule has 0 saturated heterocycles. The van der Waals surface area contributed by atoms with E-state index >= 15 is 0 Å². The van der Waals surface area contributed by atoms with Crippen molar-refractivity contribution in [3.8, 4) is 0 Å². The molecule has 0 unspecified atom stereocenters. The second-order valence-corrected chi connectivity index (χ2v) is 5.27. The molecule has 0 bridgehead atoms.